The van der Waals surface area contributed by atoms with Crippen LogP contribution in [0.15, 0.2) is 48.5 Å². The highest BCUT2D eigenvalue weighted by Crippen LogP contribution is 2.47. The van der Waals surface area contributed by atoms with Crippen molar-refractivity contribution in [1.29, 1.82) is 0 Å². The van der Waals surface area contributed by atoms with E-state index in [1.165, 1.54) is 24.9 Å². The minimum atomic E-state index is -0.949. The van der Waals surface area contributed by atoms with Crippen LogP contribution in [-0.2, 0) is 9.59 Å². The monoisotopic (exact) mass is 377 g/mol. The molecule has 0 atom stereocenters. The molecule has 0 unspecified atom stereocenters. The van der Waals surface area contributed by atoms with Crippen molar-refractivity contribution in [3.05, 3.63) is 54.1 Å². The zero-order valence-corrected chi connectivity index (χ0v) is 16.3. The normalized spacial score (nSPS) is 17.7. The summed E-state index contributed by atoms with van der Waals surface area (Å²) in [4.78, 5) is 27.9. The lowest BCUT2D eigenvalue weighted by atomic mass is 10.0. The number of hydrogen-bond donors (Lipinski definition) is 2. The second-order valence-corrected chi connectivity index (χ2v) is 7.95. The Morgan fingerprint density at radius 3 is 2.11 bits per heavy atom. The minimum Gasteiger partial charge on any atom is -0.372 e. The van der Waals surface area contributed by atoms with Crippen molar-refractivity contribution in [1.82, 2.24) is 0 Å². The lowest BCUT2D eigenvalue weighted by molar-refractivity contribution is -0.131. The first-order valence-corrected chi connectivity index (χ1v) is 10.1. The maximum Gasteiger partial charge on any atom is 0.240 e. The van der Waals surface area contributed by atoms with Crippen LogP contribution in [0.5, 0.6) is 0 Å². The average molecular weight is 377 g/mol. The molecule has 4 rings (SSSR count). The highest BCUT2D eigenvalue weighted by atomic mass is 16.2. The Morgan fingerprint density at radius 2 is 1.50 bits per heavy atom. The highest BCUT2D eigenvalue weighted by Gasteiger charge is 2.56. The van der Waals surface area contributed by atoms with E-state index >= 15 is 0 Å². The van der Waals surface area contributed by atoms with Gasteiger partial charge in [-0.2, -0.15) is 0 Å². The van der Waals surface area contributed by atoms with E-state index in [1.807, 2.05) is 55.5 Å². The molecule has 0 aromatic heterocycles. The number of nitrogens with zero attached hydrogens (tertiary/aromatic N) is 1. The Balaban J connectivity index is 1.39. The molecule has 1 saturated carbocycles. The second kappa shape index (κ2) is 7.66. The van der Waals surface area contributed by atoms with E-state index in [2.05, 4.69) is 15.5 Å². The van der Waals surface area contributed by atoms with Crippen molar-refractivity contribution < 1.29 is 9.59 Å². The first-order chi connectivity index (χ1) is 13.6. The molecule has 2 aliphatic rings. The SMILES string of the molecule is Cc1cccc(NC(=O)C2(C(=O)Nc3ccc(N4CCCCC4)cc3)CC2)c1. The molecule has 5 heteroatoms. The van der Waals surface area contributed by atoms with Crippen LogP contribution in [0.25, 0.3) is 0 Å². The van der Waals surface area contributed by atoms with E-state index < -0.39 is 5.41 Å². The third-order valence-corrected chi connectivity index (χ3v) is 5.74. The van der Waals surface area contributed by atoms with E-state index in [1.54, 1.807) is 0 Å². The summed E-state index contributed by atoms with van der Waals surface area (Å²) in [6.45, 7) is 4.16. The summed E-state index contributed by atoms with van der Waals surface area (Å²) in [6.07, 6.45) is 4.94. The molecule has 1 heterocycles. The smallest absolute Gasteiger partial charge is 0.240 e. The van der Waals surface area contributed by atoms with Crippen LogP contribution in [0, 0.1) is 12.3 Å². The standard InChI is InChI=1S/C23H27N3O2/c1-17-6-5-7-19(16-17)25-22(28)23(12-13-23)21(27)24-18-8-10-20(11-9-18)26-14-3-2-4-15-26/h5-11,16H,2-4,12-15H2,1H3,(H,24,27)(H,25,28). The third-order valence-electron chi connectivity index (χ3n) is 5.74. The van der Waals surface area contributed by atoms with Crippen molar-refractivity contribution in [3.8, 4) is 0 Å². The molecule has 2 fully saturated rings. The molecule has 1 aliphatic carbocycles. The van der Waals surface area contributed by atoms with Gasteiger partial charge in [-0.15, -0.1) is 0 Å². The molecule has 2 amide bonds. The minimum absolute atomic E-state index is 0.219. The molecule has 0 radical (unpaired) electrons. The van der Waals surface area contributed by atoms with Gasteiger partial charge in [0.15, 0.2) is 0 Å². The van der Waals surface area contributed by atoms with E-state index in [9.17, 15) is 9.59 Å². The summed E-state index contributed by atoms with van der Waals surface area (Å²) in [5.74, 6) is -0.441. The highest BCUT2D eigenvalue weighted by molar-refractivity contribution is 6.16. The summed E-state index contributed by atoms with van der Waals surface area (Å²) in [5, 5.41) is 5.83. The van der Waals surface area contributed by atoms with Crippen LogP contribution in [0.1, 0.15) is 37.7 Å². The fourth-order valence-corrected chi connectivity index (χ4v) is 3.81. The molecular weight excluding hydrogens is 350 g/mol. The van der Waals surface area contributed by atoms with Crippen LogP contribution < -0.4 is 15.5 Å². The number of piperidine rings is 1. The first-order valence-electron chi connectivity index (χ1n) is 10.1. The van der Waals surface area contributed by atoms with Crippen LogP contribution >= 0.6 is 0 Å². The fourth-order valence-electron chi connectivity index (χ4n) is 3.81. The summed E-state index contributed by atoms with van der Waals surface area (Å²) < 4.78 is 0. The van der Waals surface area contributed by atoms with E-state index in [-0.39, 0.29) is 11.8 Å². The maximum atomic E-state index is 12.8. The number of rotatable bonds is 5. The zero-order valence-electron chi connectivity index (χ0n) is 16.3. The van der Waals surface area contributed by atoms with Gasteiger partial charge in [0, 0.05) is 30.2 Å². The third kappa shape index (κ3) is 3.88. The number of aryl methyl sites for hydroxylation is 1. The van der Waals surface area contributed by atoms with Crippen molar-refractivity contribution in [3.63, 3.8) is 0 Å². The topological polar surface area (TPSA) is 61.4 Å². The maximum absolute atomic E-state index is 12.8. The molecule has 5 nitrogen and oxygen atoms in total. The van der Waals surface area contributed by atoms with Gasteiger partial charge >= 0.3 is 0 Å². The largest absolute Gasteiger partial charge is 0.372 e. The Labute approximate surface area is 166 Å². The summed E-state index contributed by atoms with van der Waals surface area (Å²) in [6, 6.07) is 15.6. The van der Waals surface area contributed by atoms with Crippen molar-refractivity contribution in [2.75, 3.05) is 28.6 Å². The number of benzene rings is 2. The van der Waals surface area contributed by atoms with Crippen LogP contribution in [0.2, 0.25) is 0 Å². The lowest BCUT2D eigenvalue weighted by Crippen LogP contribution is -2.35. The summed E-state index contributed by atoms with van der Waals surface area (Å²) >= 11 is 0. The molecule has 2 N–H and O–H groups in total. The lowest BCUT2D eigenvalue weighted by Gasteiger charge is -2.28. The van der Waals surface area contributed by atoms with E-state index in [0.717, 1.165) is 30.0 Å². The molecule has 28 heavy (non-hydrogen) atoms. The van der Waals surface area contributed by atoms with Gasteiger partial charge in [0.25, 0.3) is 0 Å². The first kappa shape index (κ1) is 18.5. The summed E-state index contributed by atoms with van der Waals surface area (Å²) in [5.41, 5.74) is 2.78. The number of amides is 2. The molecule has 0 spiro atoms. The van der Waals surface area contributed by atoms with E-state index in [4.69, 9.17) is 0 Å². The molecule has 2 aromatic rings. The molecule has 2 aromatic carbocycles. The fraction of sp³-hybridized carbons (Fsp3) is 0.391. The van der Waals surface area contributed by atoms with Gasteiger partial charge in [-0.25, -0.2) is 0 Å². The van der Waals surface area contributed by atoms with Crippen molar-refractivity contribution >= 4 is 28.9 Å². The van der Waals surface area contributed by atoms with Crippen molar-refractivity contribution in [2.24, 2.45) is 5.41 Å². The molecule has 1 aliphatic heterocycles. The van der Waals surface area contributed by atoms with Gasteiger partial charge in [0.05, 0.1) is 0 Å². The van der Waals surface area contributed by atoms with Gasteiger partial charge in [0.1, 0.15) is 5.41 Å². The van der Waals surface area contributed by atoms with Crippen LogP contribution in [0.3, 0.4) is 0 Å². The van der Waals surface area contributed by atoms with Crippen molar-refractivity contribution in [2.45, 2.75) is 39.0 Å². The zero-order chi connectivity index (χ0) is 19.6. The number of nitrogens with one attached hydrogen (secondary N) is 2. The Kier molecular flexibility index (Phi) is 5.07. The Bertz CT molecular complexity index is 866. The van der Waals surface area contributed by atoms with Gasteiger partial charge in [0.2, 0.25) is 11.8 Å². The number of carbonyl (C=O) groups excluding carboxylic acids is 2. The number of carbonyl (C=O) groups is 2. The van der Waals surface area contributed by atoms with Gasteiger partial charge < -0.3 is 15.5 Å². The second-order valence-electron chi connectivity index (χ2n) is 7.95. The molecule has 1 saturated heterocycles. The number of hydrogen-bond acceptors (Lipinski definition) is 3. The number of anilines is 3. The molecule has 146 valence electrons. The van der Waals surface area contributed by atoms with E-state index in [0.29, 0.717) is 12.8 Å². The molecular formula is C23H27N3O2. The quantitative estimate of drug-likeness (QED) is 0.762. The van der Waals surface area contributed by atoms with Gasteiger partial charge in [-0.1, -0.05) is 12.1 Å². The van der Waals surface area contributed by atoms with Gasteiger partial charge in [-0.3, -0.25) is 9.59 Å². The van der Waals surface area contributed by atoms with Gasteiger partial charge in [-0.05, 0) is 81.0 Å². The average Bonchev–Trinajstić information content (AvgIpc) is 3.51. The van der Waals surface area contributed by atoms with Crippen LogP contribution in [-0.4, -0.2) is 24.9 Å². The predicted molar refractivity (Wildman–Crippen MR) is 113 cm³/mol. The predicted octanol–water partition coefficient (Wildman–Crippen LogP) is 4.34. The Morgan fingerprint density at radius 1 is 0.857 bits per heavy atom. The van der Waals surface area contributed by atoms with Crippen LogP contribution in [0.4, 0.5) is 17.1 Å². The molecule has 0 bridgehead atoms. The Hall–Kier alpha value is -2.82. The summed E-state index contributed by atoms with van der Waals surface area (Å²) in [7, 11) is 0.